The van der Waals surface area contributed by atoms with Gasteiger partial charge in [-0.25, -0.2) is 0 Å². The summed E-state index contributed by atoms with van der Waals surface area (Å²) in [6, 6.07) is 0. The number of ether oxygens (including phenoxy) is 2. The summed E-state index contributed by atoms with van der Waals surface area (Å²) in [6.45, 7) is 20.2. The molecule has 206 valence electrons. The zero-order chi connectivity index (χ0) is 28.3. The molecular weight excluding hydrogens is 464 g/mol. The molecule has 0 spiro atoms. The molecule has 6 nitrogen and oxygen atoms in total. The van der Waals surface area contributed by atoms with E-state index in [-0.39, 0.29) is 11.9 Å². The van der Waals surface area contributed by atoms with E-state index < -0.39 is 12.2 Å². The number of allylic oxidation sites excluding steroid dienone is 6. The van der Waals surface area contributed by atoms with Crippen LogP contribution in [0.2, 0.25) is 0 Å². The van der Waals surface area contributed by atoms with Gasteiger partial charge in [0.15, 0.2) is 0 Å². The van der Waals surface area contributed by atoms with Gasteiger partial charge >= 0.3 is 0 Å². The molecular formula is C31H48N2O4. The van der Waals surface area contributed by atoms with Crippen molar-refractivity contribution in [2.45, 2.75) is 85.5 Å². The lowest BCUT2D eigenvalue weighted by Crippen LogP contribution is -2.27. The van der Waals surface area contributed by atoms with E-state index in [2.05, 4.69) is 32.3 Å². The second-order valence-corrected chi connectivity index (χ2v) is 10.4. The average Bonchev–Trinajstić information content (AvgIpc) is 2.84. The normalized spacial score (nSPS) is 17.2. The summed E-state index contributed by atoms with van der Waals surface area (Å²) < 4.78 is 11.0. The van der Waals surface area contributed by atoms with Crippen LogP contribution in [-0.2, 0) is 14.3 Å². The summed E-state index contributed by atoms with van der Waals surface area (Å²) in [5.74, 6) is 0.417. The van der Waals surface area contributed by atoms with Crippen molar-refractivity contribution in [2.24, 2.45) is 11.7 Å². The lowest BCUT2D eigenvalue weighted by molar-refractivity contribution is -0.112. The molecule has 0 saturated heterocycles. The van der Waals surface area contributed by atoms with Gasteiger partial charge in [0.1, 0.15) is 12.2 Å². The fourth-order valence-electron chi connectivity index (χ4n) is 4.03. The number of rotatable bonds is 15. The van der Waals surface area contributed by atoms with Crippen LogP contribution in [-0.4, -0.2) is 43.4 Å². The van der Waals surface area contributed by atoms with E-state index in [4.69, 9.17) is 15.2 Å². The number of Topliss-reactive ketones (excluding diaryl/α,β-unsaturated/α-hetero) is 1. The zero-order valence-corrected chi connectivity index (χ0v) is 24.1. The number of hydrogen-bond acceptors (Lipinski definition) is 6. The van der Waals surface area contributed by atoms with Crippen LogP contribution in [0.25, 0.3) is 0 Å². The van der Waals surface area contributed by atoms with Gasteiger partial charge in [0.25, 0.3) is 0 Å². The smallest absolute Gasteiger partial charge is 0.207 e. The van der Waals surface area contributed by atoms with Crippen LogP contribution < -0.4 is 11.1 Å². The van der Waals surface area contributed by atoms with Crippen LogP contribution >= 0.6 is 0 Å². The van der Waals surface area contributed by atoms with E-state index in [1.807, 2.05) is 39.8 Å². The van der Waals surface area contributed by atoms with Crippen LogP contribution in [0.1, 0.15) is 67.2 Å². The Morgan fingerprint density at radius 3 is 2.38 bits per heavy atom. The summed E-state index contributed by atoms with van der Waals surface area (Å²) in [5, 5.41) is 13.7. The van der Waals surface area contributed by atoms with Gasteiger partial charge in [-0.15, -0.1) is 0 Å². The van der Waals surface area contributed by atoms with E-state index in [0.29, 0.717) is 40.6 Å². The number of carbonyl (C=O) groups is 1. The Labute approximate surface area is 224 Å². The molecule has 0 aromatic rings. The Hall–Kier alpha value is -2.67. The molecule has 0 bridgehead atoms. The third-order valence-corrected chi connectivity index (χ3v) is 6.75. The lowest BCUT2D eigenvalue weighted by Gasteiger charge is -2.22. The van der Waals surface area contributed by atoms with E-state index in [1.54, 1.807) is 26.4 Å². The minimum atomic E-state index is -0.725. The number of hydrogen-bond donors (Lipinski definition) is 3. The third-order valence-electron chi connectivity index (χ3n) is 6.75. The third kappa shape index (κ3) is 9.95. The molecule has 0 radical (unpaired) electrons. The molecule has 1 aliphatic carbocycles. The summed E-state index contributed by atoms with van der Waals surface area (Å²) in [4.78, 5) is 13.2. The fourth-order valence-corrected chi connectivity index (χ4v) is 4.03. The van der Waals surface area contributed by atoms with Crippen molar-refractivity contribution in [1.29, 1.82) is 0 Å². The summed E-state index contributed by atoms with van der Waals surface area (Å²) in [7, 11) is 3.30. The molecule has 0 amide bonds. The first kappa shape index (κ1) is 32.4. The Balaban J connectivity index is 2.86. The predicted octanol–water partition coefficient (Wildman–Crippen LogP) is 5.79. The van der Waals surface area contributed by atoms with Crippen molar-refractivity contribution in [2.75, 3.05) is 14.2 Å². The maximum absolute atomic E-state index is 13.2. The molecule has 3 unspecified atom stereocenters. The average molecular weight is 513 g/mol. The van der Waals surface area contributed by atoms with Gasteiger partial charge in [-0.3, -0.25) is 4.79 Å². The molecule has 0 heterocycles. The largest absolute Gasteiger partial charge is 0.398 e. The van der Waals surface area contributed by atoms with E-state index >= 15 is 0 Å². The number of carbonyl (C=O) groups excluding carboxylic acids is 1. The first-order valence-electron chi connectivity index (χ1n) is 13.0. The van der Waals surface area contributed by atoms with Gasteiger partial charge in [-0.1, -0.05) is 50.8 Å². The van der Waals surface area contributed by atoms with Crippen LogP contribution in [0.4, 0.5) is 0 Å². The van der Waals surface area contributed by atoms with Gasteiger partial charge in [0.2, 0.25) is 5.78 Å². The topological polar surface area (TPSA) is 93.8 Å². The second-order valence-electron chi connectivity index (χ2n) is 10.4. The Morgan fingerprint density at radius 2 is 1.84 bits per heavy atom. The van der Waals surface area contributed by atoms with Crippen LogP contribution in [0.5, 0.6) is 0 Å². The summed E-state index contributed by atoms with van der Waals surface area (Å²) >= 11 is 0. The molecule has 37 heavy (non-hydrogen) atoms. The van der Waals surface area contributed by atoms with Crippen LogP contribution in [0.3, 0.4) is 0 Å². The predicted molar refractivity (Wildman–Crippen MR) is 154 cm³/mol. The highest BCUT2D eigenvalue weighted by atomic mass is 16.5. The standard InChI is InChI=1S/C31H48N2O4/c1-19(2)17-25(36-9)14-12-15-26-29(32)22(6)18-27(31(26)35)33-24(8)21(5)13-11-16-28(37-10)30(34)23(7)20(3)4/h11,13,16,18-19,25,28,30,33-34H,6,8,12,14-15,17,32H2,1-5,7,9-10H3/b16-11-,21-13+. The molecule has 0 aromatic carbocycles. The molecule has 1 aliphatic rings. The van der Waals surface area contributed by atoms with E-state index in [1.165, 1.54) is 0 Å². The minimum Gasteiger partial charge on any atom is -0.398 e. The first-order chi connectivity index (χ1) is 17.3. The van der Waals surface area contributed by atoms with Gasteiger partial charge in [-0.05, 0) is 82.1 Å². The summed E-state index contributed by atoms with van der Waals surface area (Å²) in [6.07, 6.45) is 9.34. The molecule has 0 aromatic heterocycles. The molecule has 6 heteroatoms. The molecule has 0 aliphatic heterocycles. The van der Waals surface area contributed by atoms with Gasteiger partial charge in [0, 0.05) is 31.2 Å². The maximum atomic E-state index is 13.2. The highest BCUT2D eigenvalue weighted by molar-refractivity contribution is 6.10. The Kier molecular flexibility index (Phi) is 13.6. The van der Waals surface area contributed by atoms with Crippen molar-refractivity contribution in [3.8, 4) is 0 Å². The molecule has 0 saturated carbocycles. The number of ketones is 1. The second kappa shape index (κ2) is 15.6. The number of nitrogens with one attached hydrogen (secondary N) is 1. The van der Waals surface area contributed by atoms with E-state index in [0.717, 1.165) is 36.0 Å². The van der Waals surface area contributed by atoms with Crippen molar-refractivity contribution in [1.82, 2.24) is 5.32 Å². The Bertz CT molecular complexity index is 991. The minimum absolute atomic E-state index is 0.132. The van der Waals surface area contributed by atoms with Crippen molar-refractivity contribution < 1.29 is 19.4 Å². The molecule has 0 fully saturated rings. The van der Waals surface area contributed by atoms with Crippen LogP contribution in [0.15, 0.2) is 82.4 Å². The molecule has 4 N–H and O–H groups in total. The first-order valence-corrected chi connectivity index (χ1v) is 13.0. The number of methoxy groups -OCH3 is 2. The van der Waals surface area contributed by atoms with Crippen LogP contribution in [0, 0.1) is 5.92 Å². The maximum Gasteiger partial charge on any atom is 0.207 e. The highest BCUT2D eigenvalue weighted by Crippen LogP contribution is 2.27. The quantitative estimate of drug-likeness (QED) is 0.190. The fraction of sp³-hybridized carbons (Fsp3) is 0.516. The number of aliphatic hydroxyl groups is 1. The SMILES string of the molecule is C=C1C=C(NC(=C)/C(C)=C/C=C\C(OC)C(O)C(C)=C(C)C)C(=O)C(CCCC(CC(C)C)OC)=C1N. The van der Waals surface area contributed by atoms with Gasteiger partial charge in [0.05, 0.1) is 11.8 Å². The lowest BCUT2D eigenvalue weighted by atomic mass is 9.90. The van der Waals surface area contributed by atoms with E-state index in [9.17, 15) is 9.90 Å². The van der Waals surface area contributed by atoms with Gasteiger partial charge in [-0.2, -0.15) is 0 Å². The Morgan fingerprint density at radius 1 is 1.19 bits per heavy atom. The highest BCUT2D eigenvalue weighted by Gasteiger charge is 2.25. The van der Waals surface area contributed by atoms with Crippen molar-refractivity contribution >= 4 is 5.78 Å². The summed E-state index contributed by atoms with van der Waals surface area (Å²) in [5.41, 5.74) is 11.7. The zero-order valence-electron chi connectivity index (χ0n) is 24.1. The van der Waals surface area contributed by atoms with Gasteiger partial charge < -0.3 is 25.6 Å². The molecule has 1 rings (SSSR count). The number of nitrogens with two attached hydrogens (primary N) is 1. The van der Waals surface area contributed by atoms with Crippen molar-refractivity contribution in [3.63, 3.8) is 0 Å². The monoisotopic (exact) mass is 512 g/mol. The number of aliphatic hydroxyl groups excluding tert-OH is 1. The van der Waals surface area contributed by atoms with Crippen molar-refractivity contribution in [3.05, 3.63) is 82.4 Å². The molecule has 3 atom stereocenters.